The van der Waals surface area contributed by atoms with E-state index in [-0.39, 0.29) is 5.91 Å². The maximum Gasteiger partial charge on any atom is 0.251 e. The number of halogens is 2. The summed E-state index contributed by atoms with van der Waals surface area (Å²) in [7, 11) is 3.88. The van der Waals surface area contributed by atoms with E-state index in [2.05, 4.69) is 10.3 Å². The first kappa shape index (κ1) is 17.6. The molecule has 1 aromatic carbocycles. The van der Waals surface area contributed by atoms with Crippen LogP contribution in [0.4, 0.5) is 5.69 Å². The van der Waals surface area contributed by atoms with E-state index in [1.807, 2.05) is 43.4 Å². The lowest BCUT2D eigenvalue weighted by molar-refractivity contribution is 0.0954. The molecule has 0 aliphatic heterocycles. The summed E-state index contributed by atoms with van der Waals surface area (Å²) in [4.78, 5) is 18.7. The van der Waals surface area contributed by atoms with E-state index in [4.69, 9.17) is 23.2 Å². The van der Waals surface area contributed by atoms with Crippen LogP contribution in [-0.4, -0.2) is 35.9 Å². The minimum Gasteiger partial charge on any atom is -0.378 e. The number of fused-ring (bicyclic) bond motifs is 1. The van der Waals surface area contributed by atoms with Gasteiger partial charge in [0.25, 0.3) is 5.91 Å². The molecule has 1 N–H and O–H groups in total. The molecule has 0 bridgehead atoms. The monoisotopic (exact) mass is 376 g/mol. The number of nitrogens with one attached hydrogen (secondary N) is 1. The molecular weight excluding hydrogens is 359 g/mol. The summed E-state index contributed by atoms with van der Waals surface area (Å²) in [6.45, 7) is 0.486. The third-order valence-corrected chi connectivity index (χ3v) is 4.30. The first-order valence-corrected chi connectivity index (χ1v) is 8.58. The lowest BCUT2D eigenvalue weighted by Gasteiger charge is -2.13. The highest BCUT2D eigenvalue weighted by Crippen LogP contribution is 2.21. The molecule has 2 aromatic heterocycles. The highest BCUT2D eigenvalue weighted by Gasteiger charge is 2.09. The maximum atomic E-state index is 12.3. The Balaban J connectivity index is 1.64. The second-order valence-electron chi connectivity index (χ2n) is 5.92. The molecule has 0 saturated heterocycles. The van der Waals surface area contributed by atoms with E-state index in [0.29, 0.717) is 34.2 Å². The summed E-state index contributed by atoms with van der Waals surface area (Å²) >= 11 is 12.1. The quantitative estimate of drug-likeness (QED) is 0.738. The largest absolute Gasteiger partial charge is 0.378 e. The Hall–Kier alpha value is -2.24. The van der Waals surface area contributed by atoms with E-state index >= 15 is 0 Å². The molecule has 5 nitrogen and oxygen atoms in total. The van der Waals surface area contributed by atoms with Gasteiger partial charge in [-0.1, -0.05) is 29.3 Å². The molecule has 0 aliphatic rings. The molecule has 25 heavy (non-hydrogen) atoms. The summed E-state index contributed by atoms with van der Waals surface area (Å²) in [5.74, 6) is -0.103. The van der Waals surface area contributed by atoms with Gasteiger partial charge in [-0.2, -0.15) is 0 Å². The van der Waals surface area contributed by atoms with Crippen molar-refractivity contribution in [3.63, 3.8) is 0 Å². The summed E-state index contributed by atoms with van der Waals surface area (Å²) in [5, 5.41) is 3.97. The Kier molecular flexibility index (Phi) is 5.16. The van der Waals surface area contributed by atoms with Gasteiger partial charge >= 0.3 is 0 Å². The number of hydrogen-bond donors (Lipinski definition) is 1. The van der Waals surface area contributed by atoms with Gasteiger partial charge in [0.1, 0.15) is 0 Å². The number of carbonyl (C=O) groups is 1. The van der Waals surface area contributed by atoms with Crippen LogP contribution in [0.1, 0.15) is 16.1 Å². The fraction of sp³-hybridized carbons (Fsp3) is 0.222. The molecule has 7 heteroatoms. The van der Waals surface area contributed by atoms with E-state index in [9.17, 15) is 4.79 Å². The van der Waals surface area contributed by atoms with Gasteiger partial charge in [0.15, 0.2) is 5.65 Å². The number of pyridine rings is 1. The van der Waals surface area contributed by atoms with Crippen molar-refractivity contribution in [2.75, 3.05) is 25.5 Å². The fourth-order valence-electron chi connectivity index (χ4n) is 2.53. The predicted molar refractivity (Wildman–Crippen MR) is 102 cm³/mol. The first-order valence-electron chi connectivity index (χ1n) is 7.82. The van der Waals surface area contributed by atoms with Crippen molar-refractivity contribution in [2.45, 2.75) is 6.42 Å². The average molecular weight is 377 g/mol. The Labute approximate surface area is 156 Å². The van der Waals surface area contributed by atoms with Gasteiger partial charge in [-0.3, -0.25) is 4.79 Å². The molecule has 3 aromatic rings. The van der Waals surface area contributed by atoms with Crippen molar-refractivity contribution < 1.29 is 4.79 Å². The number of carbonyl (C=O) groups excluding carboxylic acids is 1. The number of imidazole rings is 1. The molecular formula is C18H18Cl2N4O. The Morgan fingerprint density at radius 2 is 2.04 bits per heavy atom. The average Bonchev–Trinajstić information content (AvgIpc) is 2.98. The second-order valence-corrected chi connectivity index (χ2v) is 6.76. The number of amides is 1. The molecule has 0 radical (unpaired) electrons. The lowest BCUT2D eigenvalue weighted by Crippen LogP contribution is -2.26. The number of rotatable bonds is 5. The molecule has 0 aliphatic carbocycles. The molecule has 0 fully saturated rings. The standard InChI is InChI=1S/C18H18Cl2N4O/c1-23(2)15-5-3-4-12(8-15)18(25)21-7-6-14-11-24-10-13(19)9-16(20)17(24)22-14/h3-5,8-11H,6-7H2,1-2H3,(H,21,25). The Bertz CT molecular complexity index is 921. The Morgan fingerprint density at radius 3 is 2.80 bits per heavy atom. The number of nitrogens with zero attached hydrogens (tertiary/aromatic N) is 3. The predicted octanol–water partition coefficient (Wildman–Crippen LogP) is 3.68. The third-order valence-electron chi connectivity index (χ3n) is 3.81. The van der Waals surface area contributed by atoms with Crippen LogP contribution in [0.5, 0.6) is 0 Å². The van der Waals surface area contributed by atoms with E-state index in [1.54, 1.807) is 22.7 Å². The molecule has 130 valence electrons. The minimum atomic E-state index is -0.103. The smallest absolute Gasteiger partial charge is 0.251 e. The molecule has 3 rings (SSSR count). The van der Waals surface area contributed by atoms with Crippen LogP contribution in [0.15, 0.2) is 42.7 Å². The second kappa shape index (κ2) is 7.33. The molecule has 1 amide bonds. The topological polar surface area (TPSA) is 49.6 Å². The van der Waals surface area contributed by atoms with Crippen molar-refractivity contribution in [3.05, 3.63) is 64.0 Å². The lowest BCUT2D eigenvalue weighted by atomic mass is 10.2. The van der Waals surface area contributed by atoms with Crippen LogP contribution in [0, 0.1) is 0 Å². The zero-order valence-electron chi connectivity index (χ0n) is 14.0. The van der Waals surface area contributed by atoms with Crippen LogP contribution < -0.4 is 10.2 Å². The van der Waals surface area contributed by atoms with Gasteiger partial charge in [-0.25, -0.2) is 4.98 Å². The van der Waals surface area contributed by atoms with E-state index in [0.717, 1.165) is 11.4 Å². The molecule has 0 saturated carbocycles. The summed E-state index contributed by atoms with van der Waals surface area (Å²) in [5.41, 5.74) is 3.12. The van der Waals surface area contributed by atoms with Crippen LogP contribution in [0.3, 0.4) is 0 Å². The van der Waals surface area contributed by atoms with Gasteiger partial charge in [0, 0.05) is 50.7 Å². The van der Waals surface area contributed by atoms with Gasteiger partial charge < -0.3 is 14.6 Å². The summed E-state index contributed by atoms with van der Waals surface area (Å²) < 4.78 is 1.79. The minimum absolute atomic E-state index is 0.103. The molecule has 0 atom stereocenters. The highest BCUT2D eigenvalue weighted by atomic mass is 35.5. The Morgan fingerprint density at radius 1 is 1.24 bits per heavy atom. The van der Waals surface area contributed by atoms with Gasteiger partial charge in [-0.15, -0.1) is 0 Å². The van der Waals surface area contributed by atoms with Crippen molar-refractivity contribution >= 4 is 40.4 Å². The van der Waals surface area contributed by atoms with Crippen LogP contribution in [0.25, 0.3) is 5.65 Å². The number of hydrogen-bond acceptors (Lipinski definition) is 3. The number of benzene rings is 1. The van der Waals surface area contributed by atoms with Gasteiger partial charge in [0.2, 0.25) is 0 Å². The fourth-order valence-corrected chi connectivity index (χ4v) is 3.05. The van der Waals surface area contributed by atoms with Crippen LogP contribution in [-0.2, 0) is 6.42 Å². The van der Waals surface area contributed by atoms with Crippen LogP contribution >= 0.6 is 23.2 Å². The maximum absolute atomic E-state index is 12.3. The molecule has 2 heterocycles. The molecule has 0 spiro atoms. The number of aromatic nitrogens is 2. The summed E-state index contributed by atoms with van der Waals surface area (Å²) in [6.07, 6.45) is 4.23. The van der Waals surface area contributed by atoms with E-state index < -0.39 is 0 Å². The summed E-state index contributed by atoms with van der Waals surface area (Å²) in [6, 6.07) is 9.16. The van der Waals surface area contributed by atoms with Gasteiger partial charge in [0.05, 0.1) is 15.7 Å². The van der Waals surface area contributed by atoms with Crippen molar-refractivity contribution in [3.8, 4) is 0 Å². The van der Waals surface area contributed by atoms with Gasteiger partial charge in [-0.05, 0) is 24.3 Å². The van der Waals surface area contributed by atoms with Crippen LogP contribution in [0.2, 0.25) is 10.0 Å². The SMILES string of the molecule is CN(C)c1cccc(C(=O)NCCc2cn3cc(Cl)cc(Cl)c3n2)c1. The van der Waals surface area contributed by atoms with E-state index in [1.165, 1.54) is 0 Å². The number of anilines is 1. The third kappa shape index (κ3) is 4.06. The van der Waals surface area contributed by atoms with Crippen molar-refractivity contribution in [2.24, 2.45) is 0 Å². The van der Waals surface area contributed by atoms with Crippen molar-refractivity contribution in [1.82, 2.24) is 14.7 Å². The highest BCUT2D eigenvalue weighted by molar-refractivity contribution is 6.36. The van der Waals surface area contributed by atoms with Crippen molar-refractivity contribution in [1.29, 1.82) is 0 Å². The zero-order chi connectivity index (χ0) is 18.0. The zero-order valence-corrected chi connectivity index (χ0v) is 15.5. The normalized spacial score (nSPS) is 10.9. The molecule has 0 unspecified atom stereocenters. The first-order chi connectivity index (χ1) is 11.9.